The normalized spacial score (nSPS) is 15.5. The molecule has 1 heterocycles. The van der Waals surface area contributed by atoms with Gasteiger partial charge in [0.2, 0.25) is 0 Å². The third kappa shape index (κ3) is 4.53. The average molecular weight is 444 g/mol. The SMILES string of the molecule is NC(=O)COc1ccccc1C1NC(=S)NC(c2ccccc2)=C1C(=O)c1ccccc1. The molecule has 7 heteroatoms. The number of carbonyl (C=O) groups is 2. The van der Waals surface area contributed by atoms with Crippen LogP contribution >= 0.6 is 12.2 Å². The lowest BCUT2D eigenvalue weighted by molar-refractivity contribution is -0.119. The standard InChI is InChI=1S/C25H21N3O3S/c26-20(29)15-31-19-14-8-7-13-18(19)23-21(24(30)17-11-5-2-6-12-17)22(27-25(32)28-23)16-9-3-1-4-10-16/h1-14,23H,15H2,(H2,26,29)(H2,27,28,32). The highest BCUT2D eigenvalue weighted by molar-refractivity contribution is 7.80. The highest BCUT2D eigenvalue weighted by Gasteiger charge is 2.34. The number of nitrogens with one attached hydrogen (secondary N) is 2. The van der Waals surface area contributed by atoms with E-state index in [2.05, 4.69) is 10.6 Å². The summed E-state index contributed by atoms with van der Waals surface area (Å²) in [7, 11) is 0. The second-order valence-corrected chi connectivity index (χ2v) is 7.58. The van der Waals surface area contributed by atoms with Crippen molar-refractivity contribution in [1.82, 2.24) is 10.6 Å². The van der Waals surface area contributed by atoms with Gasteiger partial charge in [0, 0.05) is 11.1 Å². The van der Waals surface area contributed by atoms with Gasteiger partial charge in [-0.3, -0.25) is 9.59 Å². The molecule has 0 spiro atoms. The van der Waals surface area contributed by atoms with E-state index >= 15 is 0 Å². The number of hydrogen-bond acceptors (Lipinski definition) is 4. The molecule has 1 amide bonds. The Kier molecular flexibility index (Phi) is 6.28. The fraction of sp³-hybridized carbons (Fsp3) is 0.0800. The van der Waals surface area contributed by atoms with E-state index < -0.39 is 11.9 Å². The number of ketones is 1. The maximum absolute atomic E-state index is 13.8. The van der Waals surface area contributed by atoms with E-state index in [0.717, 1.165) is 5.56 Å². The first-order chi connectivity index (χ1) is 15.5. The van der Waals surface area contributed by atoms with Crippen molar-refractivity contribution in [3.8, 4) is 5.75 Å². The number of para-hydroxylation sites is 1. The van der Waals surface area contributed by atoms with Gasteiger partial charge in [-0.05, 0) is 23.8 Å². The lowest BCUT2D eigenvalue weighted by atomic mass is 9.87. The third-order valence-corrected chi connectivity index (χ3v) is 5.23. The van der Waals surface area contributed by atoms with Crippen LogP contribution in [0.3, 0.4) is 0 Å². The van der Waals surface area contributed by atoms with Gasteiger partial charge in [-0.25, -0.2) is 0 Å². The van der Waals surface area contributed by atoms with Gasteiger partial charge in [-0.1, -0.05) is 78.9 Å². The molecular weight excluding hydrogens is 422 g/mol. The molecule has 4 rings (SSSR count). The number of hydrogen-bond donors (Lipinski definition) is 3. The second-order valence-electron chi connectivity index (χ2n) is 7.17. The van der Waals surface area contributed by atoms with E-state index in [1.807, 2.05) is 60.7 Å². The summed E-state index contributed by atoms with van der Waals surface area (Å²) in [5, 5.41) is 6.75. The van der Waals surface area contributed by atoms with Gasteiger partial charge in [0.1, 0.15) is 5.75 Å². The molecule has 3 aromatic rings. The number of thiocarbonyl (C=S) groups is 1. The topological polar surface area (TPSA) is 93.5 Å². The Morgan fingerprint density at radius 3 is 2.22 bits per heavy atom. The number of Topliss-reactive ketones (excluding diaryl/α,β-unsaturated/α-hetero) is 1. The molecule has 0 bridgehead atoms. The van der Waals surface area contributed by atoms with E-state index in [1.165, 1.54) is 0 Å². The van der Waals surface area contributed by atoms with Crippen molar-refractivity contribution in [2.45, 2.75) is 6.04 Å². The molecule has 32 heavy (non-hydrogen) atoms. The summed E-state index contributed by atoms with van der Waals surface area (Å²) in [4.78, 5) is 25.0. The van der Waals surface area contributed by atoms with Crippen molar-refractivity contribution >= 4 is 34.7 Å². The molecule has 6 nitrogen and oxygen atoms in total. The third-order valence-electron chi connectivity index (χ3n) is 5.01. The predicted octanol–water partition coefficient (Wildman–Crippen LogP) is 3.36. The van der Waals surface area contributed by atoms with Crippen LogP contribution in [-0.2, 0) is 4.79 Å². The first-order valence-corrected chi connectivity index (χ1v) is 10.4. The molecule has 0 saturated heterocycles. The zero-order valence-corrected chi connectivity index (χ0v) is 17.9. The minimum Gasteiger partial charge on any atom is -0.483 e. The quantitative estimate of drug-likeness (QED) is 0.383. The zero-order chi connectivity index (χ0) is 22.5. The van der Waals surface area contributed by atoms with E-state index in [0.29, 0.717) is 33.3 Å². The molecule has 0 aromatic heterocycles. The summed E-state index contributed by atoms with van der Waals surface area (Å²) in [6.07, 6.45) is 0. The minimum absolute atomic E-state index is 0.151. The Morgan fingerprint density at radius 1 is 0.906 bits per heavy atom. The molecule has 1 atom stereocenters. The summed E-state index contributed by atoms with van der Waals surface area (Å²) in [5.74, 6) is -0.296. The molecule has 0 aliphatic carbocycles. The molecule has 3 aromatic carbocycles. The van der Waals surface area contributed by atoms with Crippen LogP contribution in [-0.4, -0.2) is 23.4 Å². The maximum Gasteiger partial charge on any atom is 0.255 e. The largest absolute Gasteiger partial charge is 0.483 e. The smallest absolute Gasteiger partial charge is 0.255 e. The van der Waals surface area contributed by atoms with Crippen LogP contribution < -0.4 is 21.1 Å². The van der Waals surface area contributed by atoms with Crippen LogP contribution in [0.1, 0.15) is 27.5 Å². The van der Waals surface area contributed by atoms with Gasteiger partial charge in [-0.15, -0.1) is 0 Å². The summed E-state index contributed by atoms with van der Waals surface area (Å²) in [6.45, 7) is -0.274. The molecule has 1 aliphatic rings. The number of rotatable bonds is 7. The van der Waals surface area contributed by atoms with E-state index in [1.54, 1.807) is 24.3 Å². The Balaban J connectivity index is 1.90. The molecule has 4 N–H and O–H groups in total. The Bertz CT molecular complexity index is 1190. The summed E-state index contributed by atoms with van der Waals surface area (Å²) in [5.41, 5.74) is 8.43. The zero-order valence-electron chi connectivity index (χ0n) is 17.1. The van der Waals surface area contributed by atoms with Gasteiger partial charge >= 0.3 is 0 Å². The fourth-order valence-electron chi connectivity index (χ4n) is 3.62. The van der Waals surface area contributed by atoms with Crippen LogP contribution in [0, 0.1) is 0 Å². The van der Waals surface area contributed by atoms with Gasteiger partial charge < -0.3 is 21.1 Å². The van der Waals surface area contributed by atoms with Crippen LogP contribution in [0.15, 0.2) is 90.5 Å². The highest BCUT2D eigenvalue weighted by Crippen LogP contribution is 2.37. The van der Waals surface area contributed by atoms with Gasteiger partial charge in [-0.2, -0.15) is 0 Å². The van der Waals surface area contributed by atoms with Crippen LogP contribution in [0.4, 0.5) is 0 Å². The number of primary amides is 1. The minimum atomic E-state index is -0.601. The average Bonchev–Trinajstić information content (AvgIpc) is 2.83. The number of nitrogens with two attached hydrogens (primary N) is 1. The maximum atomic E-state index is 13.8. The first-order valence-electron chi connectivity index (χ1n) is 10.0. The van der Waals surface area contributed by atoms with Crippen molar-refractivity contribution in [1.29, 1.82) is 0 Å². The van der Waals surface area contributed by atoms with Crippen molar-refractivity contribution in [3.63, 3.8) is 0 Å². The first kappa shape index (κ1) is 21.3. The van der Waals surface area contributed by atoms with Gasteiger partial charge in [0.15, 0.2) is 17.5 Å². The monoisotopic (exact) mass is 443 g/mol. The number of amides is 1. The van der Waals surface area contributed by atoms with Crippen LogP contribution in [0.5, 0.6) is 5.75 Å². The molecule has 0 radical (unpaired) electrons. The lowest BCUT2D eigenvalue weighted by Gasteiger charge is -2.32. The van der Waals surface area contributed by atoms with Crippen molar-refractivity contribution in [2.24, 2.45) is 5.73 Å². The molecule has 160 valence electrons. The number of benzene rings is 3. The number of carbonyl (C=O) groups excluding carboxylic acids is 2. The van der Waals surface area contributed by atoms with E-state index in [4.69, 9.17) is 22.7 Å². The summed E-state index contributed by atoms with van der Waals surface area (Å²) < 4.78 is 5.65. The van der Waals surface area contributed by atoms with Gasteiger partial charge in [0.25, 0.3) is 5.91 Å². The molecule has 1 unspecified atom stereocenters. The van der Waals surface area contributed by atoms with Crippen LogP contribution in [0.25, 0.3) is 5.70 Å². The molecular formula is C25H21N3O3S. The number of ether oxygens (including phenoxy) is 1. The van der Waals surface area contributed by atoms with Crippen molar-refractivity contribution in [2.75, 3.05) is 6.61 Å². The highest BCUT2D eigenvalue weighted by atomic mass is 32.1. The van der Waals surface area contributed by atoms with Gasteiger partial charge in [0.05, 0.1) is 17.3 Å². The molecule has 0 saturated carbocycles. The Morgan fingerprint density at radius 2 is 1.53 bits per heavy atom. The Hall–Kier alpha value is -3.97. The molecule has 0 fully saturated rings. The lowest BCUT2D eigenvalue weighted by Crippen LogP contribution is -2.45. The second kappa shape index (κ2) is 9.45. The Labute approximate surface area is 191 Å². The van der Waals surface area contributed by atoms with Crippen LogP contribution in [0.2, 0.25) is 0 Å². The predicted molar refractivity (Wildman–Crippen MR) is 127 cm³/mol. The molecule has 1 aliphatic heterocycles. The summed E-state index contributed by atoms with van der Waals surface area (Å²) >= 11 is 5.48. The van der Waals surface area contributed by atoms with E-state index in [-0.39, 0.29) is 12.4 Å². The fourth-order valence-corrected chi connectivity index (χ4v) is 3.84. The van der Waals surface area contributed by atoms with Crippen molar-refractivity contribution in [3.05, 3.63) is 107 Å². The van der Waals surface area contributed by atoms with Crippen molar-refractivity contribution < 1.29 is 14.3 Å². The summed E-state index contributed by atoms with van der Waals surface area (Å²) in [6, 6.07) is 25.2. The van der Waals surface area contributed by atoms with E-state index in [9.17, 15) is 9.59 Å².